The predicted octanol–water partition coefficient (Wildman–Crippen LogP) is 2.07. The molecule has 2 heterocycles. The van der Waals surface area contributed by atoms with Gasteiger partial charge in [0.15, 0.2) is 9.84 Å². The fourth-order valence-corrected chi connectivity index (χ4v) is 4.76. The van der Waals surface area contributed by atoms with E-state index in [1.54, 1.807) is 31.4 Å². The van der Waals surface area contributed by atoms with E-state index in [1.165, 1.54) is 23.2 Å². The molecule has 0 spiro atoms. The summed E-state index contributed by atoms with van der Waals surface area (Å²) in [6.45, 7) is 0. The van der Waals surface area contributed by atoms with Crippen molar-refractivity contribution >= 4 is 15.7 Å². The van der Waals surface area contributed by atoms with E-state index in [0.29, 0.717) is 18.4 Å². The van der Waals surface area contributed by atoms with Gasteiger partial charge in [-0.15, -0.1) is 0 Å². The van der Waals surface area contributed by atoms with E-state index in [-0.39, 0.29) is 29.3 Å². The third-order valence-corrected chi connectivity index (χ3v) is 6.19. The molecule has 1 amide bonds. The highest BCUT2D eigenvalue weighted by molar-refractivity contribution is 7.91. The molecule has 1 aliphatic heterocycles. The van der Waals surface area contributed by atoms with Crippen molar-refractivity contribution in [3.63, 3.8) is 0 Å². The molecule has 0 radical (unpaired) electrons. The topological polar surface area (TPSA) is 67.3 Å². The maximum absolute atomic E-state index is 13.0. The monoisotopic (exact) mass is 362 g/mol. The maximum Gasteiger partial charge on any atom is 0.255 e. The molecular weight excluding hydrogens is 343 g/mol. The zero-order valence-corrected chi connectivity index (χ0v) is 14.7. The second kappa shape index (κ2) is 6.92. The molecule has 0 aliphatic carbocycles. The highest BCUT2D eigenvalue weighted by Gasteiger charge is 2.33. The molecular formula is C18H19FN2O3S. The lowest BCUT2D eigenvalue weighted by Gasteiger charge is -2.23. The summed E-state index contributed by atoms with van der Waals surface area (Å²) >= 11 is 0. The highest BCUT2D eigenvalue weighted by atomic mass is 32.2. The molecule has 0 bridgehead atoms. The number of nitrogens with zero attached hydrogens (tertiary/aromatic N) is 2. The standard InChI is InChI=1S/C18H19FN2O3S/c1-21(17-6-7-25(23,24)12-17)18(22)15-9-14(10-20-11-15)8-13-2-4-16(19)5-3-13/h2-5,9-11,17H,6-8,12H2,1H3/t17-/m0/s1. The molecule has 1 fully saturated rings. The summed E-state index contributed by atoms with van der Waals surface area (Å²) in [7, 11) is -1.42. The van der Waals surface area contributed by atoms with E-state index in [4.69, 9.17) is 0 Å². The van der Waals surface area contributed by atoms with Crippen molar-refractivity contribution in [2.45, 2.75) is 18.9 Å². The Balaban J connectivity index is 1.74. The summed E-state index contributed by atoms with van der Waals surface area (Å²) in [5.41, 5.74) is 2.18. The van der Waals surface area contributed by atoms with Crippen LogP contribution in [-0.4, -0.2) is 48.8 Å². The zero-order chi connectivity index (χ0) is 18.0. The molecule has 0 unspecified atom stereocenters. The molecule has 25 heavy (non-hydrogen) atoms. The van der Waals surface area contributed by atoms with Crippen LogP contribution in [0.3, 0.4) is 0 Å². The summed E-state index contributed by atoms with van der Waals surface area (Å²) in [5, 5.41) is 0. The number of amides is 1. The summed E-state index contributed by atoms with van der Waals surface area (Å²) in [5.74, 6) is -0.398. The normalized spacial score (nSPS) is 18.9. The number of pyridine rings is 1. The number of halogens is 1. The third-order valence-electron chi connectivity index (χ3n) is 4.44. The van der Waals surface area contributed by atoms with Crippen LogP contribution in [0.2, 0.25) is 0 Å². The second-order valence-corrected chi connectivity index (χ2v) is 8.59. The molecule has 1 aromatic heterocycles. The second-order valence-electron chi connectivity index (χ2n) is 6.36. The van der Waals surface area contributed by atoms with E-state index in [9.17, 15) is 17.6 Å². The molecule has 7 heteroatoms. The van der Waals surface area contributed by atoms with E-state index in [2.05, 4.69) is 4.98 Å². The SMILES string of the molecule is CN(C(=O)c1cncc(Cc2ccc(F)cc2)c1)[C@H]1CCS(=O)(=O)C1. The van der Waals surface area contributed by atoms with Crippen LogP contribution in [0.1, 0.15) is 27.9 Å². The van der Waals surface area contributed by atoms with Gasteiger partial charge in [0, 0.05) is 25.5 Å². The molecule has 0 saturated carbocycles. The van der Waals surface area contributed by atoms with Gasteiger partial charge in [-0.05, 0) is 42.2 Å². The van der Waals surface area contributed by atoms with Crippen LogP contribution < -0.4 is 0 Å². The number of benzene rings is 1. The van der Waals surface area contributed by atoms with E-state index < -0.39 is 9.84 Å². The highest BCUT2D eigenvalue weighted by Crippen LogP contribution is 2.19. The van der Waals surface area contributed by atoms with Gasteiger partial charge in [-0.2, -0.15) is 0 Å². The average molecular weight is 362 g/mol. The summed E-state index contributed by atoms with van der Waals surface area (Å²) in [4.78, 5) is 18.2. The fraction of sp³-hybridized carbons (Fsp3) is 0.333. The zero-order valence-electron chi connectivity index (χ0n) is 13.9. The van der Waals surface area contributed by atoms with Crippen LogP contribution in [0.5, 0.6) is 0 Å². The molecule has 2 aromatic rings. The van der Waals surface area contributed by atoms with Gasteiger partial charge in [-0.3, -0.25) is 9.78 Å². The van der Waals surface area contributed by atoms with Gasteiger partial charge >= 0.3 is 0 Å². The van der Waals surface area contributed by atoms with Gasteiger partial charge in [0.1, 0.15) is 5.82 Å². The van der Waals surface area contributed by atoms with Crippen molar-refractivity contribution in [3.8, 4) is 0 Å². The summed E-state index contributed by atoms with van der Waals surface area (Å²) in [6.07, 6.45) is 4.15. The van der Waals surface area contributed by atoms with Gasteiger partial charge in [-0.25, -0.2) is 12.8 Å². The minimum atomic E-state index is -3.05. The van der Waals surface area contributed by atoms with Gasteiger partial charge in [0.2, 0.25) is 0 Å². The van der Waals surface area contributed by atoms with E-state index >= 15 is 0 Å². The smallest absolute Gasteiger partial charge is 0.255 e. The van der Waals surface area contributed by atoms with Gasteiger partial charge < -0.3 is 4.90 Å². The lowest BCUT2D eigenvalue weighted by atomic mass is 10.0. The Bertz CT molecular complexity index is 881. The molecule has 1 atom stereocenters. The van der Waals surface area contributed by atoms with Crippen molar-refractivity contribution in [2.24, 2.45) is 0 Å². The molecule has 3 rings (SSSR count). The minimum Gasteiger partial charge on any atom is -0.338 e. The Morgan fingerprint density at radius 2 is 1.96 bits per heavy atom. The number of hydrogen-bond acceptors (Lipinski definition) is 4. The molecule has 1 aromatic carbocycles. The summed E-state index contributed by atoms with van der Waals surface area (Å²) in [6, 6.07) is 7.63. The average Bonchev–Trinajstić information content (AvgIpc) is 2.96. The Labute approximate surface area is 146 Å². The number of carbonyl (C=O) groups excluding carboxylic acids is 1. The van der Waals surface area contributed by atoms with Crippen molar-refractivity contribution in [2.75, 3.05) is 18.6 Å². The van der Waals surface area contributed by atoms with Crippen LogP contribution in [-0.2, 0) is 16.3 Å². The van der Waals surface area contributed by atoms with Crippen molar-refractivity contribution in [1.82, 2.24) is 9.88 Å². The Kier molecular flexibility index (Phi) is 4.85. The number of sulfone groups is 1. The lowest BCUT2D eigenvalue weighted by molar-refractivity contribution is 0.0747. The molecule has 1 saturated heterocycles. The maximum atomic E-state index is 13.0. The van der Waals surface area contributed by atoms with Crippen LogP contribution in [0, 0.1) is 5.82 Å². The van der Waals surface area contributed by atoms with Gasteiger partial charge in [0.05, 0.1) is 17.1 Å². The number of carbonyl (C=O) groups is 1. The first-order valence-electron chi connectivity index (χ1n) is 8.00. The quantitative estimate of drug-likeness (QED) is 0.835. The van der Waals surface area contributed by atoms with Crippen molar-refractivity contribution < 1.29 is 17.6 Å². The minimum absolute atomic E-state index is 0.0118. The first-order chi connectivity index (χ1) is 11.8. The Hall–Kier alpha value is -2.28. The van der Waals surface area contributed by atoms with Crippen molar-refractivity contribution in [1.29, 1.82) is 0 Å². The third kappa shape index (κ3) is 4.22. The first-order valence-corrected chi connectivity index (χ1v) is 9.82. The van der Waals surface area contributed by atoms with Crippen LogP contribution in [0.25, 0.3) is 0 Å². The molecule has 5 nitrogen and oxygen atoms in total. The van der Waals surface area contributed by atoms with Gasteiger partial charge in [-0.1, -0.05) is 12.1 Å². The molecule has 132 valence electrons. The van der Waals surface area contributed by atoms with Crippen LogP contribution in [0.15, 0.2) is 42.7 Å². The summed E-state index contributed by atoms with van der Waals surface area (Å²) < 4.78 is 36.2. The Morgan fingerprint density at radius 1 is 1.24 bits per heavy atom. The molecule has 0 N–H and O–H groups in total. The number of rotatable bonds is 4. The number of aromatic nitrogens is 1. The largest absolute Gasteiger partial charge is 0.338 e. The fourth-order valence-electron chi connectivity index (χ4n) is 2.99. The van der Waals surface area contributed by atoms with Gasteiger partial charge in [0.25, 0.3) is 5.91 Å². The van der Waals surface area contributed by atoms with Crippen LogP contribution >= 0.6 is 0 Å². The first kappa shape index (κ1) is 17.5. The lowest BCUT2D eigenvalue weighted by Crippen LogP contribution is -2.37. The van der Waals surface area contributed by atoms with Crippen molar-refractivity contribution in [3.05, 3.63) is 65.2 Å². The predicted molar refractivity (Wildman–Crippen MR) is 92.6 cm³/mol. The number of hydrogen-bond donors (Lipinski definition) is 0. The molecule has 1 aliphatic rings. The van der Waals surface area contributed by atoms with E-state index in [1.807, 2.05) is 0 Å². The Morgan fingerprint density at radius 3 is 2.60 bits per heavy atom. The van der Waals surface area contributed by atoms with E-state index in [0.717, 1.165) is 11.1 Å². The van der Waals surface area contributed by atoms with Crippen LogP contribution in [0.4, 0.5) is 4.39 Å².